The maximum atomic E-state index is 12.8. The van der Waals surface area contributed by atoms with Crippen LogP contribution in [0, 0.1) is 12.8 Å². The third-order valence-corrected chi connectivity index (χ3v) is 5.95. The van der Waals surface area contributed by atoms with Gasteiger partial charge in [0.1, 0.15) is 6.04 Å². The predicted molar refractivity (Wildman–Crippen MR) is 109 cm³/mol. The van der Waals surface area contributed by atoms with Gasteiger partial charge in [-0.1, -0.05) is 12.1 Å². The molecule has 0 saturated carbocycles. The highest BCUT2D eigenvalue weighted by atomic mass is 16.2. The minimum Gasteiger partial charge on any atom is -0.341 e. The number of carbonyl (C=O) groups is 3. The molecule has 0 unspecified atom stereocenters. The third kappa shape index (κ3) is 5.12. The number of hydrogen-bond acceptors (Lipinski definition) is 3. The SMILES string of the molecule is CC(=O)N1CCC[C@H]1C(=O)N1CCC(CCC(=O)Nc2cccc(C)c2)CC1. The van der Waals surface area contributed by atoms with E-state index in [0.717, 1.165) is 56.4 Å². The molecule has 6 nitrogen and oxygen atoms in total. The van der Waals surface area contributed by atoms with Crippen LogP contribution in [0.25, 0.3) is 0 Å². The Bertz CT molecular complexity index is 725. The molecule has 152 valence electrons. The number of piperidine rings is 1. The largest absolute Gasteiger partial charge is 0.341 e. The van der Waals surface area contributed by atoms with E-state index in [2.05, 4.69) is 5.32 Å². The Morgan fingerprint density at radius 2 is 1.86 bits per heavy atom. The van der Waals surface area contributed by atoms with Crippen molar-refractivity contribution in [2.24, 2.45) is 5.92 Å². The van der Waals surface area contributed by atoms with Crippen LogP contribution >= 0.6 is 0 Å². The van der Waals surface area contributed by atoms with E-state index in [0.29, 0.717) is 18.9 Å². The first-order chi connectivity index (χ1) is 13.4. The third-order valence-electron chi connectivity index (χ3n) is 5.95. The summed E-state index contributed by atoms with van der Waals surface area (Å²) in [6, 6.07) is 7.55. The van der Waals surface area contributed by atoms with E-state index in [4.69, 9.17) is 0 Å². The van der Waals surface area contributed by atoms with Gasteiger partial charge >= 0.3 is 0 Å². The van der Waals surface area contributed by atoms with Crippen molar-refractivity contribution in [3.63, 3.8) is 0 Å². The summed E-state index contributed by atoms with van der Waals surface area (Å²) in [5, 5.41) is 2.96. The summed E-state index contributed by atoms with van der Waals surface area (Å²) >= 11 is 0. The number of nitrogens with zero attached hydrogens (tertiary/aromatic N) is 2. The van der Waals surface area contributed by atoms with Crippen LogP contribution in [-0.2, 0) is 14.4 Å². The lowest BCUT2D eigenvalue weighted by Crippen LogP contribution is -2.49. The zero-order valence-electron chi connectivity index (χ0n) is 16.9. The Hall–Kier alpha value is -2.37. The van der Waals surface area contributed by atoms with Crippen molar-refractivity contribution in [3.8, 4) is 0 Å². The van der Waals surface area contributed by atoms with Crippen molar-refractivity contribution < 1.29 is 14.4 Å². The zero-order valence-corrected chi connectivity index (χ0v) is 16.9. The molecule has 0 aromatic heterocycles. The highest BCUT2D eigenvalue weighted by Gasteiger charge is 2.36. The van der Waals surface area contributed by atoms with Gasteiger partial charge in [0.15, 0.2) is 0 Å². The number of nitrogens with one attached hydrogen (secondary N) is 1. The number of anilines is 1. The minimum absolute atomic E-state index is 0.00893. The fourth-order valence-corrected chi connectivity index (χ4v) is 4.33. The molecular weight excluding hydrogens is 354 g/mol. The summed E-state index contributed by atoms with van der Waals surface area (Å²) in [5.41, 5.74) is 1.97. The number of amides is 3. The fraction of sp³-hybridized carbons (Fsp3) is 0.591. The van der Waals surface area contributed by atoms with Gasteiger partial charge in [-0.05, 0) is 62.6 Å². The standard InChI is InChI=1S/C22H31N3O3/c1-16-5-3-6-19(15-16)23-21(27)9-8-18-10-13-24(14-11-18)22(28)20-7-4-12-25(20)17(2)26/h3,5-6,15,18,20H,4,7-14H2,1-2H3,(H,23,27)/t20-/m0/s1. The van der Waals surface area contributed by atoms with Gasteiger partial charge in [0.05, 0.1) is 0 Å². The molecule has 0 spiro atoms. The molecule has 1 aromatic rings. The highest BCUT2D eigenvalue weighted by Crippen LogP contribution is 2.26. The topological polar surface area (TPSA) is 69.7 Å². The summed E-state index contributed by atoms with van der Waals surface area (Å²) in [6.07, 6.45) is 4.89. The lowest BCUT2D eigenvalue weighted by atomic mass is 9.91. The van der Waals surface area contributed by atoms with Crippen molar-refractivity contribution >= 4 is 23.4 Å². The average Bonchev–Trinajstić information content (AvgIpc) is 3.16. The van der Waals surface area contributed by atoms with Gasteiger partial charge in [-0.25, -0.2) is 0 Å². The second kappa shape index (κ2) is 9.22. The van der Waals surface area contributed by atoms with E-state index in [9.17, 15) is 14.4 Å². The Balaban J connectivity index is 1.41. The van der Waals surface area contributed by atoms with Crippen LogP contribution in [0.3, 0.4) is 0 Å². The van der Waals surface area contributed by atoms with Crippen molar-refractivity contribution in [2.45, 2.75) is 58.4 Å². The van der Waals surface area contributed by atoms with Crippen molar-refractivity contribution in [1.82, 2.24) is 9.80 Å². The van der Waals surface area contributed by atoms with E-state index in [1.807, 2.05) is 36.1 Å². The average molecular weight is 386 g/mol. The Morgan fingerprint density at radius 3 is 2.54 bits per heavy atom. The van der Waals surface area contributed by atoms with E-state index in [1.165, 1.54) is 0 Å². The quantitative estimate of drug-likeness (QED) is 0.847. The van der Waals surface area contributed by atoms with Crippen LogP contribution in [0.15, 0.2) is 24.3 Å². The van der Waals surface area contributed by atoms with E-state index < -0.39 is 0 Å². The van der Waals surface area contributed by atoms with Gasteiger partial charge in [-0.15, -0.1) is 0 Å². The number of likely N-dealkylation sites (tertiary alicyclic amines) is 2. The van der Waals surface area contributed by atoms with Crippen LogP contribution < -0.4 is 5.32 Å². The van der Waals surface area contributed by atoms with Crippen LogP contribution in [0.1, 0.15) is 51.0 Å². The fourth-order valence-electron chi connectivity index (χ4n) is 4.33. The van der Waals surface area contributed by atoms with Crippen molar-refractivity contribution in [1.29, 1.82) is 0 Å². The molecule has 2 saturated heterocycles. The number of hydrogen-bond donors (Lipinski definition) is 1. The number of rotatable bonds is 5. The second-order valence-corrected chi connectivity index (χ2v) is 8.10. The molecule has 3 amide bonds. The molecule has 3 rings (SSSR count). The highest BCUT2D eigenvalue weighted by molar-refractivity contribution is 5.90. The zero-order chi connectivity index (χ0) is 20.1. The van der Waals surface area contributed by atoms with Gasteiger partial charge in [0.2, 0.25) is 17.7 Å². The Morgan fingerprint density at radius 1 is 1.11 bits per heavy atom. The van der Waals surface area contributed by atoms with E-state index in [1.54, 1.807) is 11.8 Å². The van der Waals surface area contributed by atoms with Gasteiger partial charge in [0.25, 0.3) is 0 Å². The summed E-state index contributed by atoms with van der Waals surface area (Å²) in [4.78, 5) is 40.3. The lowest BCUT2D eigenvalue weighted by Gasteiger charge is -2.35. The van der Waals surface area contributed by atoms with Crippen LogP contribution in [0.5, 0.6) is 0 Å². The summed E-state index contributed by atoms with van der Waals surface area (Å²) in [7, 11) is 0. The first-order valence-corrected chi connectivity index (χ1v) is 10.4. The van der Waals surface area contributed by atoms with Gasteiger partial charge < -0.3 is 15.1 Å². The first-order valence-electron chi connectivity index (χ1n) is 10.4. The molecule has 1 aromatic carbocycles. The number of benzene rings is 1. The normalized spacial score (nSPS) is 20.3. The van der Waals surface area contributed by atoms with Crippen molar-refractivity contribution in [2.75, 3.05) is 25.0 Å². The van der Waals surface area contributed by atoms with Gasteiger partial charge in [-0.2, -0.15) is 0 Å². The molecule has 2 aliphatic heterocycles. The maximum absolute atomic E-state index is 12.8. The summed E-state index contributed by atoms with van der Waals surface area (Å²) < 4.78 is 0. The van der Waals surface area contributed by atoms with E-state index in [-0.39, 0.29) is 23.8 Å². The number of carbonyl (C=O) groups excluding carboxylic acids is 3. The molecule has 0 bridgehead atoms. The molecule has 2 fully saturated rings. The smallest absolute Gasteiger partial charge is 0.245 e. The molecule has 28 heavy (non-hydrogen) atoms. The van der Waals surface area contributed by atoms with Crippen LogP contribution in [-0.4, -0.2) is 53.2 Å². The molecule has 6 heteroatoms. The molecular formula is C22H31N3O3. The second-order valence-electron chi connectivity index (χ2n) is 8.10. The predicted octanol–water partition coefficient (Wildman–Crippen LogP) is 2.96. The lowest BCUT2D eigenvalue weighted by molar-refractivity contribution is -0.143. The van der Waals surface area contributed by atoms with Crippen molar-refractivity contribution in [3.05, 3.63) is 29.8 Å². The Kier molecular flexibility index (Phi) is 6.70. The minimum atomic E-state index is -0.269. The van der Waals surface area contributed by atoms with E-state index >= 15 is 0 Å². The molecule has 1 N–H and O–H groups in total. The van der Waals surface area contributed by atoms with Gasteiger partial charge in [0, 0.05) is 38.7 Å². The molecule has 1 atom stereocenters. The van der Waals surface area contributed by atoms with Crippen LogP contribution in [0.4, 0.5) is 5.69 Å². The number of aryl methyl sites for hydroxylation is 1. The van der Waals surface area contributed by atoms with Gasteiger partial charge in [-0.3, -0.25) is 14.4 Å². The molecule has 2 heterocycles. The maximum Gasteiger partial charge on any atom is 0.245 e. The molecule has 0 radical (unpaired) electrons. The van der Waals surface area contributed by atoms with Crippen LogP contribution in [0.2, 0.25) is 0 Å². The Labute approximate surface area is 167 Å². The summed E-state index contributed by atoms with van der Waals surface area (Å²) in [5.74, 6) is 0.612. The molecule has 2 aliphatic rings. The summed E-state index contributed by atoms with van der Waals surface area (Å²) in [6.45, 7) is 5.69. The first kappa shape index (κ1) is 20.4. The molecule has 0 aliphatic carbocycles. The monoisotopic (exact) mass is 385 g/mol.